The molecule has 0 aromatic rings. The molecule has 3 heteroatoms. The Bertz CT molecular complexity index is 113. The van der Waals surface area contributed by atoms with Gasteiger partial charge in [0.2, 0.25) is 0 Å². The zero-order valence-corrected chi connectivity index (χ0v) is 10.5. The standard InChI is InChI=1S/C12H29N3/c1-3-12(4-2)11-15-10-6-9-14-8-5-7-13/h12,14-15H,3-11,13H2,1-2H3. The van der Waals surface area contributed by atoms with E-state index in [4.69, 9.17) is 5.73 Å². The van der Waals surface area contributed by atoms with E-state index in [0.717, 1.165) is 38.5 Å². The maximum absolute atomic E-state index is 5.40. The lowest BCUT2D eigenvalue weighted by molar-refractivity contribution is 0.445. The van der Waals surface area contributed by atoms with Gasteiger partial charge in [-0.05, 0) is 51.5 Å². The molecule has 0 heterocycles. The molecule has 0 fully saturated rings. The summed E-state index contributed by atoms with van der Waals surface area (Å²) >= 11 is 0. The normalized spacial score (nSPS) is 11.2. The van der Waals surface area contributed by atoms with E-state index in [0.29, 0.717) is 0 Å². The number of hydrogen-bond acceptors (Lipinski definition) is 3. The lowest BCUT2D eigenvalue weighted by Crippen LogP contribution is -2.27. The molecule has 0 aliphatic heterocycles. The van der Waals surface area contributed by atoms with E-state index in [2.05, 4.69) is 24.5 Å². The van der Waals surface area contributed by atoms with Crippen LogP contribution in [0.4, 0.5) is 0 Å². The fourth-order valence-corrected chi connectivity index (χ4v) is 1.57. The van der Waals surface area contributed by atoms with Gasteiger partial charge >= 0.3 is 0 Å². The predicted molar refractivity (Wildman–Crippen MR) is 68.1 cm³/mol. The predicted octanol–water partition coefficient (Wildman–Crippen LogP) is 1.34. The summed E-state index contributed by atoms with van der Waals surface area (Å²) in [4.78, 5) is 0. The third kappa shape index (κ3) is 10.2. The summed E-state index contributed by atoms with van der Waals surface area (Å²) in [5.41, 5.74) is 5.40. The molecule has 0 aliphatic rings. The van der Waals surface area contributed by atoms with E-state index in [1.54, 1.807) is 0 Å². The molecule has 0 radical (unpaired) electrons. The van der Waals surface area contributed by atoms with Crippen LogP contribution < -0.4 is 16.4 Å². The van der Waals surface area contributed by atoms with E-state index in [9.17, 15) is 0 Å². The van der Waals surface area contributed by atoms with Crippen molar-refractivity contribution in [2.75, 3.05) is 32.7 Å². The van der Waals surface area contributed by atoms with Gasteiger partial charge < -0.3 is 16.4 Å². The van der Waals surface area contributed by atoms with Gasteiger partial charge in [0, 0.05) is 0 Å². The SMILES string of the molecule is CCC(CC)CNCCCNCCCN. The quantitative estimate of drug-likeness (QED) is 0.456. The maximum atomic E-state index is 5.40. The Morgan fingerprint density at radius 2 is 1.53 bits per heavy atom. The fourth-order valence-electron chi connectivity index (χ4n) is 1.57. The Morgan fingerprint density at radius 3 is 2.13 bits per heavy atom. The number of hydrogen-bond donors (Lipinski definition) is 3. The maximum Gasteiger partial charge on any atom is -0.00207 e. The van der Waals surface area contributed by atoms with Crippen LogP contribution in [0.15, 0.2) is 0 Å². The second-order valence-corrected chi connectivity index (χ2v) is 4.13. The van der Waals surface area contributed by atoms with Gasteiger partial charge in [-0.2, -0.15) is 0 Å². The van der Waals surface area contributed by atoms with Gasteiger partial charge in [-0.15, -0.1) is 0 Å². The van der Waals surface area contributed by atoms with E-state index in [1.165, 1.54) is 25.8 Å². The summed E-state index contributed by atoms with van der Waals surface area (Å²) in [5, 5.41) is 6.90. The van der Waals surface area contributed by atoms with Gasteiger partial charge in [0.15, 0.2) is 0 Å². The molecule has 0 aromatic carbocycles. The highest BCUT2D eigenvalue weighted by Crippen LogP contribution is 2.04. The highest BCUT2D eigenvalue weighted by atomic mass is 14.9. The van der Waals surface area contributed by atoms with Crippen LogP contribution in [-0.2, 0) is 0 Å². The highest BCUT2D eigenvalue weighted by Gasteiger charge is 2.01. The van der Waals surface area contributed by atoms with Gasteiger partial charge in [-0.3, -0.25) is 0 Å². The average Bonchev–Trinajstić information content (AvgIpc) is 2.27. The zero-order valence-electron chi connectivity index (χ0n) is 10.5. The first-order valence-corrected chi connectivity index (χ1v) is 6.46. The van der Waals surface area contributed by atoms with Crippen LogP contribution in [0.25, 0.3) is 0 Å². The summed E-state index contributed by atoms with van der Waals surface area (Å²) in [5.74, 6) is 0.857. The second kappa shape index (κ2) is 12.0. The topological polar surface area (TPSA) is 50.1 Å². The van der Waals surface area contributed by atoms with Crippen LogP contribution in [0.1, 0.15) is 39.5 Å². The minimum Gasteiger partial charge on any atom is -0.330 e. The van der Waals surface area contributed by atoms with Crippen molar-refractivity contribution in [3.8, 4) is 0 Å². The highest BCUT2D eigenvalue weighted by molar-refractivity contribution is 4.59. The van der Waals surface area contributed by atoms with Crippen LogP contribution in [0, 0.1) is 5.92 Å². The minimum atomic E-state index is 0.792. The number of rotatable bonds is 11. The first-order valence-electron chi connectivity index (χ1n) is 6.46. The monoisotopic (exact) mass is 215 g/mol. The van der Waals surface area contributed by atoms with Crippen LogP contribution in [0.2, 0.25) is 0 Å². The van der Waals surface area contributed by atoms with Gasteiger partial charge in [0.05, 0.1) is 0 Å². The molecule has 0 unspecified atom stereocenters. The van der Waals surface area contributed by atoms with Crippen LogP contribution in [0.3, 0.4) is 0 Å². The molecule has 15 heavy (non-hydrogen) atoms. The molecule has 92 valence electrons. The Hall–Kier alpha value is -0.120. The summed E-state index contributed by atoms with van der Waals surface area (Å²) in [6.07, 6.45) is 4.88. The third-order valence-electron chi connectivity index (χ3n) is 2.85. The third-order valence-corrected chi connectivity index (χ3v) is 2.85. The Kier molecular flexibility index (Phi) is 11.9. The second-order valence-electron chi connectivity index (χ2n) is 4.13. The van der Waals surface area contributed by atoms with Crippen LogP contribution in [0.5, 0.6) is 0 Å². The molecule has 0 atom stereocenters. The number of nitrogens with one attached hydrogen (secondary N) is 2. The molecule has 0 bridgehead atoms. The fraction of sp³-hybridized carbons (Fsp3) is 1.00. The minimum absolute atomic E-state index is 0.792. The molecule has 0 amide bonds. The van der Waals surface area contributed by atoms with Crippen molar-refractivity contribution in [3.63, 3.8) is 0 Å². The summed E-state index contributed by atoms with van der Waals surface area (Å²) in [7, 11) is 0. The van der Waals surface area contributed by atoms with Crippen LogP contribution in [-0.4, -0.2) is 32.7 Å². The van der Waals surface area contributed by atoms with Gasteiger partial charge in [0.25, 0.3) is 0 Å². The zero-order chi connectivity index (χ0) is 11.4. The van der Waals surface area contributed by atoms with Crippen molar-refractivity contribution in [1.82, 2.24) is 10.6 Å². The van der Waals surface area contributed by atoms with Crippen molar-refractivity contribution in [2.24, 2.45) is 11.7 Å². The molecule has 0 spiro atoms. The number of nitrogens with two attached hydrogens (primary N) is 1. The summed E-state index contributed by atoms with van der Waals surface area (Å²) < 4.78 is 0. The molecule has 3 nitrogen and oxygen atoms in total. The molecular formula is C12H29N3. The lowest BCUT2D eigenvalue weighted by atomic mass is 10.0. The Balaban J connectivity index is 3.04. The van der Waals surface area contributed by atoms with Crippen molar-refractivity contribution in [1.29, 1.82) is 0 Å². The Labute approximate surface area is 95.2 Å². The molecular weight excluding hydrogens is 186 g/mol. The van der Waals surface area contributed by atoms with Crippen LogP contribution >= 0.6 is 0 Å². The molecule has 0 aromatic heterocycles. The van der Waals surface area contributed by atoms with Gasteiger partial charge in [0.1, 0.15) is 0 Å². The lowest BCUT2D eigenvalue weighted by Gasteiger charge is -2.13. The summed E-state index contributed by atoms with van der Waals surface area (Å²) in [6.45, 7) is 9.80. The van der Waals surface area contributed by atoms with Gasteiger partial charge in [-0.25, -0.2) is 0 Å². The molecule has 0 aliphatic carbocycles. The van der Waals surface area contributed by atoms with E-state index < -0.39 is 0 Å². The van der Waals surface area contributed by atoms with Crippen molar-refractivity contribution in [3.05, 3.63) is 0 Å². The molecule has 4 N–H and O–H groups in total. The van der Waals surface area contributed by atoms with Crippen molar-refractivity contribution >= 4 is 0 Å². The average molecular weight is 215 g/mol. The molecule has 0 saturated carbocycles. The van der Waals surface area contributed by atoms with E-state index in [1.807, 2.05) is 0 Å². The first kappa shape index (κ1) is 14.9. The van der Waals surface area contributed by atoms with Crippen molar-refractivity contribution in [2.45, 2.75) is 39.5 Å². The Morgan fingerprint density at radius 1 is 0.933 bits per heavy atom. The van der Waals surface area contributed by atoms with E-state index >= 15 is 0 Å². The smallest absolute Gasteiger partial charge is 0.00207 e. The largest absolute Gasteiger partial charge is 0.330 e. The van der Waals surface area contributed by atoms with Crippen molar-refractivity contribution < 1.29 is 0 Å². The van der Waals surface area contributed by atoms with E-state index in [-0.39, 0.29) is 0 Å². The molecule has 0 saturated heterocycles. The van der Waals surface area contributed by atoms with Gasteiger partial charge in [-0.1, -0.05) is 26.7 Å². The molecule has 0 rings (SSSR count). The first-order chi connectivity index (χ1) is 7.35. The summed E-state index contributed by atoms with van der Waals surface area (Å²) in [6, 6.07) is 0.